The molecular formula is C16H24BrN5O. The van der Waals surface area contributed by atoms with Crippen LogP contribution in [0.4, 0.5) is 5.95 Å². The van der Waals surface area contributed by atoms with E-state index in [1.165, 1.54) is 25.9 Å². The summed E-state index contributed by atoms with van der Waals surface area (Å²) in [6.07, 6.45) is 4.41. The number of aromatic nitrogens is 2. The minimum atomic E-state index is 0.212. The van der Waals surface area contributed by atoms with Crippen molar-refractivity contribution in [1.82, 2.24) is 14.9 Å². The van der Waals surface area contributed by atoms with Crippen LogP contribution in [0, 0.1) is 5.92 Å². The molecule has 0 radical (unpaired) electrons. The second kappa shape index (κ2) is 7.13. The molecule has 0 aliphatic carbocycles. The van der Waals surface area contributed by atoms with E-state index < -0.39 is 0 Å². The van der Waals surface area contributed by atoms with Crippen molar-refractivity contribution in [2.45, 2.75) is 38.7 Å². The van der Waals surface area contributed by atoms with Crippen LogP contribution < -0.4 is 5.32 Å². The normalized spacial score (nSPS) is 27.3. The number of aliphatic imine (C=N–C) groups is 1. The van der Waals surface area contributed by atoms with Crippen molar-refractivity contribution >= 4 is 27.9 Å². The van der Waals surface area contributed by atoms with Gasteiger partial charge in [0.15, 0.2) is 0 Å². The van der Waals surface area contributed by atoms with Gasteiger partial charge in [-0.05, 0) is 53.7 Å². The van der Waals surface area contributed by atoms with Crippen LogP contribution in [0.15, 0.2) is 15.7 Å². The summed E-state index contributed by atoms with van der Waals surface area (Å²) < 4.78 is 7.04. The molecule has 4 rings (SSSR count). The Morgan fingerprint density at radius 3 is 2.74 bits per heavy atom. The van der Waals surface area contributed by atoms with Gasteiger partial charge in [0, 0.05) is 19.8 Å². The van der Waals surface area contributed by atoms with Gasteiger partial charge in [0.05, 0.1) is 10.2 Å². The van der Waals surface area contributed by atoms with Crippen LogP contribution in [-0.2, 0) is 4.74 Å². The lowest BCUT2D eigenvalue weighted by atomic mass is 9.86. The minimum absolute atomic E-state index is 0.212. The van der Waals surface area contributed by atoms with E-state index in [2.05, 4.69) is 55.0 Å². The van der Waals surface area contributed by atoms with Crippen molar-refractivity contribution in [2.24, 2.45) is 10.9 Å². The van der Waals surface area contributed by atoms with Gasteiger partial charge in [0.25, 0.3) is 6.02 Å². The highest BCUT2D eigenvalue weighted by molar-refractivity contribution is 9.10. The third-order valence-corrected chi connectivity index (χ3v) is 5.21. The molecule has 0 aromatic carbocycles. The topological polar surface area (TPSA) is 62.6 Å². The molecule has 2 bridgehead atoms. The van der Waals surface area contributed by atoms with Crippen molar-refractivity contribution in [3.8, 4) is 0 Å². The van der Waals surface area contributed by atoms with Crippen LogP contribution in [0.1, 0.15) is 38.3 Å². The number of halogens is 1. The van der Waals surface area contributed by atoms with Crippen LogP contribution >= 0.6 is 15.9 Å². The summed E-state index contributed by atoms with van der Waals surface area (Å²) in [4.78, 5) is 15.6. The number of hydrogen-bond acceptors (Lipinski definition) is 5. The summed E-state index contributed by atoms with van der Waals surface area (Å²) in [6, 6.07) is 0.501. The van der Waals surface area contributed by atoms with Crippen molar-refractivity contribution < 1.29 is 4.74 Å². The molecule has 1 atom stereocenters. The lowest BCUT2D eigenvalue weighted by molar-refractivity contribution is -0.0147. The number of anilines is 1. The quantitative estimate of drug-likeness (QED) is 0.644. The van der Waals surface area contributed by atoms with E-state index in [0.29, 0.717) is 23.8 Å². The Kier molecular flexibility index (Phi) is 5.16. The number of piperidine rings is 3. The Bertz CT molecular complexity index is 584. The maximum Gasteiger partial charge on any atom is 0.291 e. The molecule has 0 spiro atoms. The summed E-state index contributed by atoms with van der Waals surface area (Å²) in [5.41, 5.74) is 0.973. The van der Waals surface area contributed by atoms with Gasteiger partial charge < -0.3 is 4.74 Å². The van der Waals surface area contributed by atoms with E-state index in [1.54, 1.807) is 13.2 Å². The van der Waals surface area contributed by atoms with Crippen LogP contribution in [0.3, 0.4) is 0 Å². The molecule has 23 heavy (non-hydrogen) atoms. The summed E-state index contributed by atoms with van der Waals surface area (Å²) in [6.45, 7) is 7.60. The van der Waals surface area contributed by atoms with Gasteiger partial charge in [-0.1, -0.05) is 13.8 Å². The lowest BCUT2D eigenvalue weighted by Gasteiger charge is -2.44. The highest BCUT2D eigenvalue weighted by Gasteiger charge is 2.36. The molecule has 3 aliphatic rings. The Balaban J connectivity index is 1.67. The maximum absolute atomic E-state index is 6.11. The SMILES string of the molecule is CN=C(Nc1ncc(Br)c(C(C)C)n1)O[C@H]1CN2CCC1CC2. The van der Waals surface area contributed by atoms with E-state index in [-0.39, 0.29) is 6.10 Å². The third-order valence-electron chi connectivity index (χ3n) is 4.60. The fourth-order valence-electron chi connectivity index (χ4n) is 3.27. The molecule has 6 nitrogen and oxygen atoms in total. The number of amidine groups is 1. The van der Waals surface area contributed by atoms with Gasteiger partial charge in [-0.25, -0.2) is 15.0 Å². The van der Waals surface area contributed by atoms with Crippen LogP contribution in [0.25, 0.3) is 0 Å². The van der Waals surface area contributed by atoms with Gasteiger partial charge >= 0.3 is 0 Å². The molecular weight excluding hydrogens is 358 g/mol. The van der Waals surface area contributed by atoms with E-state index in [0.717, 1.165) is 16.7 Å². The third kappa shape index (κ3) is 3.83. The van der Waals surface area contributed by atoms with Gasteiger partial charge in [0.2, 0.25) is 5.95 Å². The predicted octanol–water partition coefficient (Wildman–Crippen LogP) is 2.87. The number of nitrogens with zero attached hydrogens (tertiary/aromatic N) is 4. The second-order valence-electron chi connectivity index (χ2n) is 6.53. The first kappa shape index (κ1) is 16.6. The average molecular weight is 382 g/mol. The van der Waals surface area contributed by atoms with Gasteiger partial charge in [-0.2, -0.15) is 0 Å². The molecule has 7 heteroatoms. The molecule has 0 amide bonds. The highest BCUT2D eigenvalue weighted by atomic mass is 79.9. The predicted molar refractivity (Wildman–Crippen MR) is 94.8 cm³/mol. The van der Waals surface area contributed by atoms with E-state index in [4.69, 9.17) is 4.74 Å². The minimum Gasteiger partial charge on any atom is -0.460 e. The Morgan fingerprint density at radius 2 is 2.17 bits per heavy atom. The zero-order valence-corrected chi connectivity index (χ0v) is 15.5. The second-order valence-corrected chi connectivity index (χ2v) is 7.38. The smallest absolute Gasteiger partial charge is 0.291 e. The highest BCUT2D eigenvalue weighted by Crippen LogP contribution is 2.29. The first-order valence-corrected chi connectivity index (χ1v) is 9.01. The summed E-state index contributed by atoms with van der Waals surface area (Å²) in [5, 5.41) is 3.12. The Morgan fingerprint density at radius 1 is 1.43 bits per heavy atom. The molecule has 0 saturated carbocycles. The first-order valence-electron chi connectivity index (χ1n) is 8.22. The van der Waals surface area contributed by atoms with Crippen molar-refractivity contribution in [3.05, 3.63) is 16.4 Å². The molecule has 1 N–H and O–H groups in total. The van der Waals surface area contributed by atoms with Crippen molar-refractivity contribution in [1.29, 1.82) is 0 Å². The average Bonchev–Trinajstić information content (AvgIpc) is 2.56. The fraction of sp³-hybridized carbons (Fsp3) is 0.688. The molecule has 1 aromatic heterocycles. The summed E-state index contributed by atoms with van der Waals surface area (Å²) in [5.74, 6) is 1.48. The molecule has 3 aliphatic heterocycles. The van der Waals surface area contributed by atoms with E-state index in [1.807, 2.05) is 0 Å². The zero-order chi connectivity index (χ0) is 16.4. The van der Waals surface area contributed by atoms with Crippen LogP contribution in [0.2, 0.25) is 0 Å². The van der Waals surface area contributed by atoms with E-state index >= 15 is 0 Å². The molecule has 0 unspecified atom stereocenters. The molecule has 126 valence electrons. The summed E-state index contributed by atoms with van der Waals surface area (Å²) >= 11 is 3.50. The molecule has 4 heterocycles. The van der Waals surface area contributed by atoms with E-state index in [9.17, 15) is 0 Å². The monoisotopic (exact) mass is 381 g/mol. The zero-order valence-electron chi connectivity index (χ0n) is 13.9. The summed E-state index contributed by atoms with van der Waals surface area (Å²) in [7, 11) is 1.73. The van der Waals surface area contributed by atoms with Gasteiger partial charge in [-0.3, -0.25) is 10.2 Å². The largest absolute Gasteiger partial charge is 0.460 e. The number of nitrogens with one attached hydrogen (secondary N) is 1. The Hall–Kier alpha value is -1.21. The number of ether oxygens (including phenoxy) is 1. The van der Waals surface area contributed by atoms with Crippen molar-refractivity contribution in [3.63, 3.8) is 0 Å². The van der Waals surface area contributed by atoms with Crippen LogP contribution in [-0.4, -0.2) is 53.7 Å². The maximum atomic E-state index is 6.11. The van der Waals surface area contributed by atoms with Gasteiger partial charge in [-0.15, -0.1) is 0 Å². The van der Waals surface area contributed by atoms with Crippen LogP contribution in [0.5, 0.6) is 0 Å². The lowest BCUT2D eigenvalue weighted by Crippen LogP contribution is -2.52. The number of hydrogen-bond donors (Lipinski definition) is 1. The molecule has 1 aromatic rings. The number of fused-ring (bicyclic) bond motifs is 3. The molecule has 3 fully saturated rings. The van der Waals surface area contributed by atoms with Gasteiger partial charge in [0.1, 0.15) is 6.10 Å². The standard InChI is InChI=1S/C16H24BrN5O/c1-10(2)14-12(17)8-19-15(20-14)21-16(18-3)23-13-9-22-6-4-11(13)5-7-22/h8,10-11,13H,4-7,9H2,1-3H3,(H,18,19,20,21)/t13-/m0/s1. The Labute approximate surface area is 145 Å². The fourth-order valence-corrected chi connectivity index (χ4v) is 3.92. The van der Waals surface area contributed by atoms with Crippen molar-refractivity contribution in [2.75, 3.05) is 32.0 Å². The first-order chi connectivity index (χ1) is 11.1. The number of rotatable bonds is 3. The molecule has 3 saturated heterocycles.